The first-order chi connectivity index (χ1) is 11.1. The summed E-state index contributed by atoms with van der Waals surface area (Å²) in [6, 6.07) is 15.0. The van der Waals surface area contributed by atoms with Gasteiger partial charge in [0.05, 0.1) is 4.91 Å². The van der Waals surface area contributed by atoms with E-state index in [0.29, 0.717) is 10.5 Å². The smallest absolute Gasteiger partial charge is 0.273 e. The summed E-state index contributed by atoms with van der Waals surface area (Å²) in [6.07, 6.45) is 1.65. The van der Waals surface area contributed by atoms with Gasteiger partial charge in [0, 0.05) is 5.56 Å². The van der Waals surface area contributed by atoms with Crippen LogP contribution >= 0.6 is 24.0 Å². The highest BCUT2D eigenvalue weighted by Gasteiger charge is 2.37. The standard InChI is InChI=1S/C17H11NO3S2/c19-13-8-6-11(7-9-13)10-14-16(21)18(17(22)23-14)15(20)12-4-2-1-3-5-12/h1-10,19H. The number of rotatable bonds is 2. The molecule has 1 aliphatic heterocycles. The van der Waals surface area contributed by atoms with Crippen molar-refractivity contribution in [2.75, 3.05) is 0 Å². The van der Waals surface area contributed by atoms with E-state index in [4.69, 9.17) is 12.2 Å². The highest BCUT2D eigenvalue weighted by molar-refractivity contribution is 8.26. The Morgan fingerprint density at radius 3 is 2.39 bits per heavy atom. The third kappa shape index (κ3) is 3.18. The van der Waals surface area contributed by atoms with E-state index in [9.17, 15) is 14.7 Å². The molecule has 0 radical (unpaired) electrons. The van der Waals surface area contributed by atoms with Gasteiger partial charge in [-0.15, -0.1) is 0 Å². The van der Waals surface area contributed by atoms with Crippen LogP contribution in [0.1, 0.15) is 15.9 Å². The van der Waals surface area contributed by atoms with Crippen molar-refractivity contribution in [3.05, 3.63) is 70.6 Å². The van der Waals surface area contributed by atoms with Crippen molar-refractivity contribution in [3.63, 3.8) is 0 Å². The molecule has 0 unspecified atom stereocenters. The van der Waals surface area contributed by atoms with Crippen LogP contribution in [0.4, 0.5) is 0 Å². The Balaban J connectivity index is 1.88. The molecule has 4 nitrogen and oxygen atoms in total. The van der Waals surface area contributed by atoms with E-state index >= 15 is 0 Å². The summed E-state index contributed by atoms with van der Waals surface area (Å²) in [4.78, 5) is 26.3. The maximum absolute atomic E-state index is 12.5. The number of thioether (sulfide) groups is 1. The number of imide groups is 1. The lowest BCUT2D eigenvalue weighted by Crippen LogP contribution is -2.34. The van der Waals surface area contributed by atoms with Gasteiger partial charge in [0.2, 0.25) is 0 Å². The van der Waals surface area contributed by atoms with Gasteiger partial charge in [-0.1, -0.05) is 54.3 Å². The Labute approximate surface area is 142 Å². The van der Waals surface area contributed by atoms with E-state index in [-0.39, 0.29) is 10.1 Å². The molecule has 23 heavy (non-hydrogen) atoms. The number of hydrogen-bond donors (Lipinski definition) is 1. The van der Waals surface area contributed by atoms with E-state index in [1.165, 1.54) is 12.1 Å². The lowest BCUT2D eigenvalue weighted by molar-refractivity contribution is -0.120. The number of aromatic hydroxyl groups is 1. The van der Waals surface area contributed by atoms with Gasteiger partial charge in [0.15, 0.2) is 4.32 Å². The van der Waals surface area contributed by atoms with Crippen molar-refractivity contribution in [3.8, 4) is 5.75 Å². The molecule has 0 aromatic heterocycles. The predicted octanol–water partition coefficient (Wildman–Crippen LogP) is 3.43. The molecule has 1 fully saturated rings. The lowest BCUT2D eigenvalue weighted by Gasteiger charge is -2.12. The van der Waals surface area contributed by atoms with Crippen molar-refractivity contribution >= 4 is 46.2 Å². The monoisotopic (exact) mass is 341 g/mol. The number of carbonyl (C=O) groups excluding carboxylic acids is 2. The van der Waals surface area contributed by atoms with Crippen molar-refractivity contribution in [1.29, 1.82) is 0 Å². The van der Waals surface area contributed by atoms with Gasteiger partial charge in [0.25, 0.3) is 11.8 Å². The van der Waals surface area contributed by atoms with E-state index in [0.717, 1.165) is 22.2 Å². The molecule has 3 rings (SSSR count). The Kier molecular flexibility index (Phi) is 4.27. The number of phenols is 1. The summed E-state index contributed by atoms with van der Waals surface area (Å²) in [5, 5.41) is 9.29. The second-order valence-electron chi connectivity index (χ2n) is 4.78. The first-order valence-electron chi connectivity index (χ1n) is 6.72. The van der Waals surface area contributed by atoms with E-state index in [2.05, 4.69) is 0 Å². The molecular formula is C17H11NO3S2. The minimum Gasteiger partial charge on any atom is -0.508 e. The molecule has 1 saturated heterocycles. The fourth-order valence-corrected chi connectivity index (χ4v) is 3.33. The minimum atomic E-state index is -0.429. The van der Waals surface area contributed by atoms with E-state index in [1.54, 1.807) is 48.5 Å². The van der Waals surface area contributed by atoms with Crippen LogP contribution in [-0.4, -0.2) is 26.1 Å². The molecular weight excluding hydrogens is 330 g/mol. The Hall–Kier alpha value is -2.44. The topological polar surface area (TPSA) is 57.6 Å². The average molecular weight is 341 g/mol. The molecule has 2 amide bonds. The third-order valence-electron chi connectivity index (χ3n) is 3.21. The molecule has 0 spiro atoms. The third-order valence-corrected chi connectivity index (χ3v) is 4.51. The molecule has 114 valence electrons. The van der Waals surface area contributed by atoms with Gasteiger partial charge < -0.3 is 5.11 Å². The van der Waals surface area contributed by atoms with Crippen LogP contribution < -0.4 is 0 Å². The summed E-state index contributed by atoms with van der Waals surface area (Å²) in [5.74, 6) is -0.710. The fraction of sp³-hybridized carbons (Fsp3) is 0. The van der Waals surface area contributed by atoms with E-state index in [1.807, 2.05) is 0 Å². The van der Waals surface area contributed by atoms with Gasteiger partial charge in [0.1, 0.15) is 5.75 Å². The molecule has 0 atom stereocenters. The van der Waals surface area contributed by atoms with Crippen LogP contribution in [0.5, 0.6) is 5.75 Å². The molecule has 0 aliphatic carbocycles. The maximum atomic E-state index is 12.5. The molecule has 2 aromatic carbocycles. The lowest BCUT2D eigenvalue weighted by atomic mass is 10.2. The van der Waals surface area contributed by atoms with Crippen molar-refractivity contribution in [2.45, 2.75) is 0 Å². The van der Waals surface area contributed by atoms with Crippen LogP contribution in [0.25, 0.3) is 6.08 Å². The first-order valence-corrected chi connectivity index (χ1v) is 7.95. The number of amides is 2. The number of carbonyl (C=O) groups is 2. The molecule has 1 N–H and O–H groups in total. The summed E-state index contributed by atoms with van der Waals surface area (Å²) < 4.78 is 0.217. The van der Waals surface area contributed by atoms with Gasteiger partial charge in [-0.2, -0.15) is 0 Å². The molecule has 1 heterocycles. The normalized spacial score (nSPS) is 16.2. The van der Waals surface area contributed by atoms with Crippen LogP contribution in [0.2, 0.25) is 0 Å². The fourth-order valence-electron chi connectivity index (χ4n) is 2.07. The number of phenolic OH excluding ortho intramolecular Hbond substituents is 1. The Morgan fingerprint density at radius 2 is 1.74 bits per heavy atom. The largest absolute Gasteiger partial charge is 0.508 e. The summed E-state index contributed by atoms with van der Waals surface area (Å²) in [7, 11) is 0. The van der Waals surface area contributed by atoms with Crippen LogP contribution in [0, 0.1) is 0 Å². The SMILES string of the molecule is O=C1C(=Cc2ccc(O)cc2)SC(=S)N1C(=O)c1ccccc1. The highest BCUT2D eigenvalue weighted by Crippen LogP contribution is 2.33. The number of nitrogens with zero attached hydrogens (tertiary/aromatic N) is 1. The molecule has 2 aromatic rings. The minimum absolute atomic E-state index is 0.147. The van der Waals surface area contributed by atoms with E-state index < -0.39 is 11.8 Å². The summed E-state index contributed by atoms with van der Waals surface area (Å²) in [5.41, 5.74) is 1.16. The number of hydrogen-bond acceptors (Lipinski definition) is 5. The van der Waals surface area contributed by atoms with Crippen molar-refractivity contribution < 1.29 is 14.7 Å². The second kappa shape index (κ2) is 6.36. The van der Waals surface area contributed by atoms with Crippen LogP contribution in [0.3, 0.4) is 0 Å². The number of thiocarbonyl (C=S) groups is 1. The quantitative estimate of drug-likeness (QED) is 0.515. The van der Waals surface area contributed by atoms with Gasteiger partial charge in [-0.05, 0) is 35.9 Å². The first kappa shape index (κ1) is 15.5. The van der Waals surface area contributed by atoms with Gasteiger partial charge in [-0.3, -0.25) is 9.59 Å². The summed E-state index contributed by atoms with van der Waals surface area (Å²) >= 11 is 6.26. The van der Waals surface area contributed by atoms with Gasteiger partial charge in [-0.25, -0.2) is 4.90 Å². The highest BCUT2D eigenvalue weighted by atomic mass is 32.2. The van der Waals surface area contributed by atoms with Crippen LogP contribution in [0.15, 0.2) is 59.5 Å². The predicted molar refractivity (Wildman–Crippen MR) is 93.9 cm³/mol. The molecule has 0 bridgehead atoms. The average Bonchev–Trinajstić information content (AvgIpc) is 2.84. The number of benzene rings is 2. The Morgan fingerprint density at radius 1 is 1.09 bits per heavy atom. The zero-order valence-corrected chi connectivity index (χ0v) is 13.4. The van der Waals surface area contributed by atoms with Crippen molar-refractivity contribution in [1.82, 2.24) is 4.90 Å². The second-order valence-corrected chi connectivity index (χ2v) is 6.46. The molecule has 0 saturated carbocycles. The zero-order valence-electron chi connectivity index (χ0n) is 11.8. The Bertz CT molecular complexity index is 813. The summed E-state index contributed by atoms with van der Waals surface area (Å²) in [6.45, 7) is 0. The molecule has 6 heteroatoms. The zero-order chi connectivity index (χ0) is 16.4. The van der Waals surface area contributed by atoms with Crippen LogP contribution in [-0.2, 0) is 4.79 Å². The molecule has 1 aliphatic rings. The maximum Gasteiger partial charge on any atom is 0.273 e. The van der Waals surface area contributed by atoms with Gasteiger partial charge >= 0.3 is 0 Å². The van der Waals surface area contributed by atoms with Crippen molar-refractivity contribution in [2.24, 2.45) is 0 Å².